The molecule has 0 aromatic heterocycles. The van der Waals surface area contributed by atoms with Gasteiger partial charge < -0.3 is 10.1 Å². The zero-order chi connectivity index (χ0) is 17.5. The number of allylic oxidation sites excluding steroid dienone is 1. The Morgan fingerprint density at radius 3 is 1.92 bits per heavy atom. The summed E-state index contributed by atoms with van der Waals surface area (Å²) in [5, 5.41) is 3.21. The summed E-state index contributed by atoms with van der Waals surface area (Å²) in [5.74, 6) is 0.769. The van der Waals surface area contributed by atoms with Gasteiger partial charge >= 0.3 is 0 Å². The third-order valence-electron chi connectivity index (χ3n) is 3.84. The molecule has 0 fully saturated rings. The number of nitrogens with one attached hydrogen (secondary N) is 1. The summed E-state index contributed by atoms with van der Waals surface area (Å²) >= 11 is 0. The van der Waals surface area contributed by atoms with Crippen LogP contribution in [0.2, 0.25) is 0 Å². The number of rotatable bonds is 6. The predicted molar refractivity (Wildman–Crippen MR) is 102 cm³/mol. The van der Waals surface area contributed by atoms with Gasteiger partial charge in [0.15, 0.2) is 5.78 Å². The van der Waals surface area contributed by atoms with E-state index in [-0.39, 0.29) is 5.78 Å². The Kier molecular flexibility index (Phi) is 5.27. The largest absolute Gasteiger partial charge is 0.497 e. The molecule has 0 saturated carbocycles. The summed E-state index contributed by atoms with van der Waals surface area (Å²) in [6.45, 7) is 0. The van der Waals surface area contributed by atoms with Crippen molar-refractivity contribution in [3.63, 3.8) is 0 Å². The Hall–Kier alpha value is -3.33. The van der Waals surface area contributed by atoms with Gasteiger partial charge in [-0.2, -0.15) is 0 Å². The summed E-state index contributed by atoms with van der Waals surface area (Å²) in [6.07, 6.45) is 1.76. The highest BCUT2D eigenvalue weighted by Crippen LogP contribution is 2.21. The first-order valence-corrected chi connectivity index (χ1v) is 8.04. The van der Waals surface area contributed by atoms with Gasteiger partial charge in [0, 0.05) is 23.0 Å². The number of hydrogen-bond acceptors (Lipinski definition) is 3. The zero-order valence-electron chi connectivity index (χ0n) is 14.0. The monoisotopic (exact) mass is 329 g/mol. The van der Waals surface area contributed by atoms with Gasteiger partial charge in [-0.15, -0.1) is 0 Å². The minimum atomic E-state index is -0.0205. The van der Waals surface area contributed by atoms with Crippen molar-refractivity contribution in [1.29, 1.82) is 0 Å². The molecule has 0 saturated heterocycles. The van der Waals surface area contributed by atoms with Gasteiger partial charge in [0.25, 0.3) is 0 Å². The van der Waals surface area contributed by atoms with Crippen LogP contribution in [0.25, 0.3) is 5.57 Å². The van der Waals surface area contributed by atoms with E-state index in [1.165, 1.54) is 0 Å². The van der Waals surface area contributed by atoms with E-state index in [0.717, 1.165) is 17.0 Å². The summed E-state index contributed by atoms with van der Waals surface area (Å²) in [4.78, 5) is 12.9. The molecule has 0 heterocycles. The minimum absolute atomic E-state index is 0.0205. The van der Waals surface area contributed by atoms with Crippen molar-refractivity contribution in [3.05, 3.63) is 102 Å². The number of anilines is 1. The number of hydrogen-bond donors (Lipinski definition) is 1. The quantitative estimate of drug-likeness (QED) is 0.509. The Morgan fingerprint density at radius 1 is 0.800 bits per heavy atom. The first-order chi connectivity index (χ1) is 12.3. The smallest absolute Gasteiger partial charge is 0.195 e. The summed E-state index contributed by atoms with van der Waals surface area (Å²) in [5.41, 5.74) is 3.03. The van der Waals surface area contributed by atoms with Crippen molar-refractivity contribution >= 4 is 17.0 Å². The first kappa shape index (κ1) is 16.5. The number of ether oxygens (including phenoxy) is 1. The maximum absolute atomic E-state index is 12.9. The third-order valence-corrected chi connectivity index (χ3v) is 3.84. The molecule has 0 unspecified atom stereocenters. The molecule has 3 aromatic rings. The van der Waals surface area contributed by atoms with E-state index < -0.39 is 0 Å². The Labute approximate surface area is 147 Å². The van der Waals surface area contributed by atoms with Gasteiger partial charge in [-0.25, -0.2) is 0 Å². The average Bonchev–Trinajstić information content (AvgIpc) is 2.70. The molecule has 0 aliphatic heterocycles. The molecule has 3 nitrogen and oxygen atoms in total. The number of methoxy groups -OCH3 is 1. The van der Waals surface area contributed by atoms with Crippen molar-refractivity contribution in [3.8, 4) is 5.75 Å². The predicted octanol–water partition coefficient (Wildman–Crippen LogP) is 5.03. The zero-order valence-corrected chi connectivity index (χ0v) is 14.0. The van der Waals surface area contributed by atoms with Gasteiger partial charge in [-0.3, -0.25) is 4.79 Å². The summed E-state index contributed by atoms with van der Waals surface area (Å²) in [6, 6.07) is 26.5. The second-order valence-electron chi connectivity index (χ2n) is 5.49. The van der Waals surface area contributed by atoms with Crippen LogP contribution < -0.4 is 10.1 Å². The van der Waals surface area contributed by atoms with E-state index in [1.54, 1.807) is 13.3 Å². The van der Waals surface area contributed by atoms with E-state index in [9.17, 15) is 4.79 Å². The molecule has 3 aromatic carbocycles. The van der Waals surface area contributed by atoms with Crippen LogP contribution >= 0.6 is 0 Å². The van der Waals surface area contributed by atoms with Crippen molar-refractivity contribution in [2.45, 2.75) is 0 Å². The second-order valence-corrected chi connectivity index (χ2v) is 5.49. The van der Waals surface area contributed by atoms with E-state index in [1.807, 2.05) is 84.9 Å². The maximum Gasteiger partial charge on any atom is 0.195 e. The van der Waals surface area contributed by atoms with Crippen LogP contribution in [0.4, 0.5) is 5.69 Å². The first-order valence-electron chi connectivity index (χ1n) is 8.04. The Morgan fingerprint density at radius 2 is 1.36 bits per heavy atom. The maximum atomic E-state index is 12.9. The number of Topliss-reactive ketones (excluding diaryl/α,β-unsaturated/α-hetero) is 1. The van der Waals surface area contributed by atoms with Crippen LogP contribution in [0.1, 0.15) is 15.9 Å². The fourth-order valence-electron chi connectivity index (χ4n) is 2.49. The average molecular weight is 329 g/mol. The van der Waals surface area contributed by atoms with E-state index in [0.29, 0.717) is 11.1 Å². The van der Waals surface area contributed by atoms with Gasteiger partial charge in [0.2, 0.25) is 0 Å². The van der Waals surface area contributed by atoms with Crippen LogP contribution in [0, 0.1) is 0 Å². The normalized spacial score (nSPS) is 11.0. The Balaban J connectivity index is 1.92. The van der Waals surface area contributed by atoms with Crippen molar-refractivity contribution < 1.29 is 9.53 Å². The van der Waals surface area contributed by atoms with Crippen LogP contribution in [-0.2, 0) is 0 Å². The lowest BCUT2D eigenvalue weighted by atomic mass is 9.97. The molecule has 124 valence electrons. The topological polar surface area (TPSA) is 38.3 Å². The van der Waals surface area contributed by atoms with Crippen LogP contribution in [0.3, 0.4) is 0 Å². The number of carbonyl (C=O) groups is 1. The molecule has 25 heavy (non-hydrogen) atoms. The molecular formula is C22H19NO2. The van der Waals surface area contributed by atoms with E-state index in [4.69, 9.17) is 4.74 Å². The molecule has 3 heteroatoms. The molecule has 0 aliphatic carbocycles. The SMILES string of the molecule is COc1ccc(N/C=C(/C(=O)c2ccccc2)c2ccccc2)cc1. The molecule has 0 radical (unpaired) electrons. The van der Waals surface area contributed by atoms with Gasteiger partial charge in [-0.05, 0) is 29.8 Å². The van der Waals surface area contributed by atoms with E-state index in [2.05, 4.69) is 5.32 Å². The fourth-order valence-corrected chi connectivity index (χ4v) is 2.49. The molecule has 0 bridgehead atoms. The summed E-state index contributed by atoms with van der Waals surface area (Å²) in [7, 11) is 1.63. The van der Waals surface area contributed by atoms with Crippen LogP contribution in [0.15, 0.2) is 91.1 Å². The number of benzene rings is 3. The molecule has 0 aliphatic rings. The van der Waals surface area contributed by atoms with E-state index >= 15 is 0 Å². The fraction of sp³-hybridized carbons (Fsp3) is 0.0455. The Bertz CT molecular complexity index is 854. The van der Waals surface area contributed by atoms with Crippen molar-refractivity contribution in [2.24, 2.45) is 0 Å². The lowest BCUT2D eigenvalue weighted by Gasteiger charge is -2.09. The molecule has 0 amide bonds. The van der Waals surface area contributed by atoms with Crippen LogP contribution in [0.5, 0.6) is 5.75 Å². The molecule has 3 rings (SSSR count). The minimum Gasteiger partial charge on any atom is -0.497 e. The molecule has 0 atom stereocenters. The molecule has 0 spiro atoms. The second kappa shape index (κ2) is 7.97. The van der Waals surface area contributed by atoms with Gasteiger partial charge in [-0.1, -0.05) is 60.7 Å². The highest BCUT2D eigenvalue weighted by Gasteiger charge is 2.13. The third kappa shape index (κ3) is 4.15. The number of ketones is 1. The lowest BCUT2D eigenvalue weighted by molar-refractivity contribution is 0.105. The molecule has 1 N–H and O–H groups in total. The van der Waals surface area contributed by atoms with Crippen LogP contribution in [-0.4, -0.2) is 12.9 Å². The standard InChI is InChI=1S/C22H19NO2/c1-25-20-14-12-19(13-15-20)23-16-21(17-8-4-2-5-9-17)22(24)18-10-6-3-7-11-18/h2-16,23H,1H3/b21-16+. The number of carbonyl (C=O) groups excluding carboxylic acids is 1. The van der Waals surface area contributed by atoms with Gasteiger partial charge in [0.05, 0.1) is 7.11 Å². The highest BCUT2D eigenvalue weighted by molar-refractivity contribution is 6.29. The van der Waals surface area contributed by atoms with Crippen molar-refractivity contribution in [1.82, 2.24) is 0 Å². The molecular weight excluding hydrogens is 310 g/mol. The van der Waals surface area contributed by atoms with Gasteiger partial charge in [0.1, 0.15) is 5.75 Å². The highest BCUT2D eigenvalue weighted by atomic mass is 16.5. The lowest BCUT2D eigenvalue weighted by Crippen LogP contribution is -2.05. The van der Waals surface area contributed by atoms with Crippen molar-refractivity contribution in [2.75, 3.05) is 12.4 Å². The summed E-state index contributed by atoms with van der Waals surface area (Å²) < 4.78 is 5.16.